The molecule has 7 nitrogen and oxygen atoms in total. The summed E-state index contributed by atoms with van der Waals surface area (Å²) in [5, 5.41) is 1.04. The number of nitrogens with zero attached hydrogens (tertiary/aromatic N) is 2. The minimum atomic E-state index is -4.70. The average molecular weight is 453 g/mol. The number of ether oxygens (including phenoxy) is 2. The summed E-state index contributed by atoms with van der Waals surface area (Å²) in [6, 6.07) is 6.64. The molecule has 0 saturated carbocycles. The molecule has 2 amide bonds. The van der Waals surface area contributed by atoms with Gasteiger partial charge in [-0.15, -0.1) is 0 Å². The fraction of sp³-hybridized carbons (Fsp3) is 0.409. The van der Waals surface area contributed by atoms with E-state index in [0.717, 1.165) is 18.2 Å². The number of aromatic nitrogens is 1. The van der Waals surface area contributed by atoms with Gasteiger partial charge in [-0.1, -0.05) is 13.0 Å². The summed E-state index contributed by atoms with van der Waals surface area (Å²) in [5.41, 5.74) is 1.20. The van der Waals surface area contributed by atoms with Crippen molar-refractivity contribution in [2.75, 3.05) is 14.2 Å². The minimum Gasteiger partial charge on any atom is -0.496 e. The van der Waals surface area contributed by atoms with Gasteiger partial charge in [-0.2, -0.15) is 13.2 Å². The largest absolute Gasteiger partial charge is 0.496 e. The number of rotatable bonds is 5. The van der Waals surface area contributed by atoms with Crippen LogP contribution in [0.25, 0.3) is 0 Å². The Morgan fingerprint density at radius 3 is 2.19 bits per heavy atom. The highest BCUT2D eigenvalue weighted by Gasteiger charge is 2.36. The number of hydrogen-bond acceptors (Lipinski definition) is 5. The van der Waals surface area contributed by atoms with Gasteiger partial charge in [0.2, 0.25) is 5.88 Å². The van der Waals surface area contributed by atoms with Gasteiger partial charge in [0.1, 0.15) is 17.0 Å². The lowest BCUT2D eigenvalue weighted by Crippen LogP contribution is -2.56. The SMILES string of the molecule is CCc1c(OC)cccc1C(=O)NN(C(=O)c1ccc(C(F)(F)F)nc1OC)C(C)(C)C. The highest BCUT2D eigenvalue weighted by atomic mass is 19.4. The molecule has 0 atom stereocenters. The number of benzene rings is 1. The Bertz CT molecular complexity index is 1000. The Hall–Kier alpha value is -3.30. The summed E-state index contributed by atoms with van der Waals surface area (Å²) < 4.78 is 49.2. The van der Waals surface area contributed by atoms with Crippen LogP contribution in [0.3, 0.4) is 0 Å². The van der Waals surface area contributed by atoms with Crippen LogP contribution in [-0.2, 0) is 12.6 Å². The van der Waals surface area contributed by atoms with Crippen molar-refractivity contribution in [2.24, 2.45) is 0 Å². The van der Waals surface area contributed by atoms with Gasteiger partial charge in [0.25, 0.3) is 11.8 Å². The van der Waals surface area contributed by atoms with Crippen molar-refractivity contribution >= 4 is 11.8 Å². The van der Waals surface area contributed by atoms with Gasteiger partial charge in [0.05, 0.1) is 19.8 Å². The van der Waals surface area contributed by atoms with Gasteiger partial charge >= 0.3 is 6.18 Å². The second-order valence-corrected chi connectivity index (χ2v) is 7.84. The normalized spacial score (nSPS) is 11.7. The number of hydrogen-bond donors (Lipinski definition) is 1. The summed E-state index contributed by atoms with van der Waals surface area (Å²) in [4.78, 5) is 29.7. The number of hydrazine groups is 1. The van der Waals surface area contributed by atoms with Crippen molar-refractivity contribution in [1.29, 1.82) is 0 Å². The van der Waals surface area contributed by atoms with Crippen LogP contribution >= 0.6 is 0 Å². The highest BCUT2D eigenvalue weighted by Crippen LogP contribution is 2.31. The molecule has 0 aliphatic heterocycles. The Morgan fingerprint density at radius 2 is 1.69 bits per heavy atom. The van der Waals surface area contributed by atoms with Crippen molar-refractivity contribution < 1.29 is 32.2 Å². The highest BCUT2D eigenvalue weighted by molar-refractivity contribution is 6.01. The van der Waals surface area contributed by atoms with Gasteiger partial charge < -0.3 is 9.47 Å². The van der Waals surface area contributed by atoms with Crippen molar-refractivity contribution in [3.05, 3.63) is 52.7 Å². The second-order valence-electron chi connectivity index (χ2n) is 7.84. The molecule has 10 heteroatoms. The first-order valence-corrected chi connectivity index (χ1v) is 9.78. The third-order valence-electron chi connectivity index (χ3n) is 4.61. The number of amides is 2. The quantitative estimate of drug-likeness (QED) is 0.684. The molecule has 0 bridgehead atoms. The molecule has 1 heterocycles. The number of nitrogens with one attached hydrogen (secondary N) is 1. The number of alkyl halides is 3. The first-order chi connectivity index (χ1) is 14.8. The Kier molecular flexibility index (Phi) is 7.38. The van der Waals surface area contributed by atoms with Crippen molar-refractivity contribution in [3.8, 4) is 11.6 Å². The van der Waals surface area contributed by atoms with Gasteiger partial charge in [-0.25, -0.2) is 9.99 Å². The first kappa shape index (κ1) is 25.0. The molecule has 1 N–H and O–H groups in total. The predicted molar refractivity (Wildman–Crippen MR) is 112 cm³/mol. The van der Waals surface area contributed by atoms with Crippen LogP contribution in [0.5, 0.6) is 11.6 Å². The second kappa shape index (κ2) is 9.46. The molecule has 1 aromatic carbocycles. The Balaban J connectivity index is 2.46. The Labute approximate surface area is 184 Å². The number of methoxy groups -OCH3 is 2. The topological polar surface area (TPSA) is 80.8 Å². The number of carbonyl (C=O) groups is 2. The molecule has 2 rings (SSSR count). The Morgan fingerprint density at radius 1 is 1.03 bits per heavy atom. The first-order valence-electron chi connectivity index (χ1n) is 9.78. The summed E-state index contributed by atoms with van der Waals surface area (Å²) in [6.45, 7) is 6.87. The van der Waals surface area contributed by atoms with Crippen LogP contribution in [0.4, 0.5) is 13.2 Å². The van der Waals surface area contributed by atoms with Crippen molar-refractivity contribution in [1.82, 2.24) is 15.4 Å². The zero-order valence-electron chi connectivity index (χ0n) is 18.8. The summed E-state index contributed by atoms with van der Waals surface area (Å²) in [7, 11) is 2.61. The van der Waals surface area contributed by atoms with E-state index in [2.05, 4.69) is 10.4 Å². The van der Waals surface area contributed by atoms with Gasteiger partial charge in [0, 0.05) is 11.1 Å². The number of pyridine rings is 1. The van der Waals surface area contributed by atoms with Crippen LogP contribution in [0.2, 0.25) is 0 Å². The van der Waals surface area contributed by atoms with E-state index in [1.165, 1.54) is 7.11 Å². The predicted octanol–water partition coefficient (Wildman–Crippen LogP) is 4.27. The van der Waals surface area contributed by atoms with E-state index in [1.807, 2.05) is 6.92 Å². The van der Waals surface area contributed by atoms with Gasteiger partial charge in [0.15, 0.2) is 0 Å². The molecular weight excluding hydrogens is 427 g/mol. The molecule has 0 spiro atoms. The minimum absolute atomic E-state index is 0.225. The van der Waals surface area contributed by atoms with Crippen LogP contribution in [0.15, 0.2) is 30.3 Å². The third-order valence-corrected chi connectivity index (χ3v) is 4.61. The molecule has 0 fully saturated rings. The fourth-order valence-corrected chi connectivity index (χ4v) is 3.06. The fourth-order valence-electron chi connectivity index (χ4n) is 3.06. The molecule has 0 aliphatic carbocycles. The van der Waals surface area contributed by atoms with E-state index in [9.17, 15) is 22.8 Å². The standard InChI is InChI=1S/C22H26F3N3O4/c1-7-13-14(9-8-10-16(13)31-5)18(29)27-28(21(2,3)4)20(30)15-11-12-17(22(23,24)25)26-19(15)32-6/h8-12H,7H2,1-6H3,(H,27,29). The maximum absolute atomic E-state index is 13.3. The maximum atomic E-state index is 13.3. The molecular formula is C22H26F3N3O4. The monoisotopic (exact) mass is 453 g/mol. The van der Waals surface area contributed by atoms with E-state index < -0.39 is 35.1 Å². The van der Waals surface area contributed by atoms with Crippen molar-refractivity contribution in [3.63, 3.8) is 0 Å². The summed E-state index contributed by atoms with van der Waals surface area (Å²) >= 11 is 0. The number of halogens is 3. The van der Waals surface area contributed by atoms with Gasteiger partial charge in [-0.3, -0.25) is 15.0 Å². The zero-order chi connectivity index (χ0) is 24.3. The average Bonchev–Trinajstić information content (AvgIpc) is 2.74. The summed E-state index contributed by atoms with van der Waals surface area (Å²) in [5.74, 6) is -1.31. The molecule has 174 valence electrons. The molecule has 2 aromatic rings. The zero-order valence-corrected chi connectivity index (χ0v) is 18.8. The van der Waals surface area contributed by atoms with E-state index >= 15 is 0 Å². The van der Waals surface area contributed by atoms with E-state index in [-0.39, 0.29) is 5.56 Å². The van der Waals surface area contributed by atoms with E-state index in [0.29, 0.717) is 29.4 Å². The molecule has 32 heavy (non-hydrogen) atoms. The number of carbonyl (C=O) groups excluding carboxylic acids is 2. The molecule has 0 unspecified atom stereocenters. The molecule has 0 radical (unpaired) electrons. The molecule has 1 aromatic heterocycles. The molecule has 0 aliphatic rings. The van der Waals surface area contributed by atoms with Crippen LogP contribution in [0.1, 0.15) is 59.7 Å². The third kappa shape index (κ3) is 5.30. The lowest BCUT2D eigenvalue weighted by Gasteiger charge is -2.35. The van der Waals surface area contributed by atoms with Crippen LogP contribution in [-0.4, -0.2) is 41.6 Å². The summed E-state index contributed by atoms with van der Waals surface area (Å²) in [6.07, 6.45) is -4.19. The maximum Gasteiger partial charge on any atom is 0.433 e. The lowest BCUT2D eigenvalue weighted by atomic mass is 10.0. The molecule has 0 saturated heterocycles. The smallest absolute Gasteiger partial charge is 0.433 e. The van der Waals surface area contributed by atoms with Crippen LogP contribution < -0.4 is 14.9 Å². The van der Waals surface area contributed by atoms with E-state index in [1.54, 1.807) is 39.0 Å². The van der Waals surface area contributed by atoms with E-state index in [4.69, 9.17) is 9.47 Å². The van der Waals surface area contributed by atoms with Crippen LogP contribution in [0, 0.1) is 0 Å². The lowest BCUT2D eigenvalue weighted by molar-refractivity contribution is -0.141. The van der Waals surface area contributed by atoms with Gasteiger partial charge in [-0.05, 0) is 51.5 Å². The van der Waals surface area contributed by atoms with Crippen molar-refractivity contribution in [2.45, 2.75) is 45.8 Å².